The minimum Gasteiger partial charge on any atom is -0.497 e. The van der Waals surface area contributed by atoms with E-state index in [0.29, 0.717) is 23.8 Å². The summed E-state index contributed by atoms with van der Waals surface area (Å²) in [4.78, 5) is 8.93. The number of hydrogen-bond donors (Lipinski definition) is 0. The third-order valence-corrected chi connectivity index (χ3v) is 5.64. The Kier molecular flexibility index (Phi) is 8.40. The SMILES string of the molecule is COCCN1CCC(CN(Cc2ccncc2)Cc2cc(OC)ccc2F)CC1. The van der Waals surface area contributed by atoms with Crippen LogP contribution in [0, 0.1) is 11.7 Å². The molecule has 0 spiro atoms. The maximum absolute atomic E-state index is 14.4. The minimum absolute atomic E-state index is 0.181. The topological polar surface area (TPSA) is 37.8 Å². The first-order chi connectivity index (χ1) is 14.2. The molecule has 158 valence electrons. The van der Waals surface area contributed by atoms with Gasteiger partial charge in [0.2, 0.25) is 0 Å². The van der Waals surface area contributed by atoms with Crippen molar-refractivity contribution in [3.63, 3.8) is 0 Å². The summed E-state index contributed by atoms with van der Waals surface area (Å²) in [6, 6.07) is 9.03. The standard InChI is InChI=1S/C23H32FN3O2/c1-28-14-13-26-11-7-20(8-12-26)17-27(16-19-5-9-25-10-6-19)18-21-15-22(29-2)3-4-23(21)24/h3-6,9-10,15,20H,7-8,11-14,16-18H2,1-2H3. The summed E-state index contributed by atoms with van der Waals surface area (Å²) in [7, 11) is 3.37. The van der Waals surface area contributed by atoms with Crippen LogP contribution in [0.25, 0.3) is 0 Å². The number of halogens is 1. The van der Waals surface area contributed by atoms with Crippen molar-refractivity contribution in [2.75, 3.05) is 47.0 Å². The second-order valence-corrected chi connectivity index (χ2v) is 7.76. The van der Waals surface area contributed by atoms with Crippen molar-refractivity contribution in [1.82, 2.24) is 14.8 Å². The van der Waals surface area contributed by atoms with E-state index in [-0.39, 0.29) is 5.82 Å². The summed E-state index contributed by atoms with van der Waals surface area (Å²) in [6.07, 6.45) is 5.95. The number of aromatic nitrogens is 1. The summed E-state index contributed by atoms with van der Waals surface area (Å²) in [5.41, 5.74) is 1.87. The number of nitrogens with zero attached hydrogens (tertiary/aromatic N) is 3. The molecule has 0 saturated carbocycles. The smallest absolute Gasteiger partial charge is 0.127 e. The van der Waals surface area contributed by atoms with Crippen molar-refractivity contribution < 1.29 is 13.9 Å². The van der Waals surface area contributed by atoms with Gasteiger partial charge in [0.1, 0.15) is 11.6 Å². The lowest BCUT2D eigenvalue weighted by Gasteiger charge is -2.35. The number of piperidine rings is 1. The van der Waals surface area contributed by atoms with Crippen molar-refractivity contribution in [2.45, 2.75) is 25.9 Å². The van der Waals surface area contributed by atoms with Crippen molar-refractivity contribution in [3.8, 4) is 5.75 Å². The Labute approximate surface area is 173 Å². The number of rotatable bonds is 10. The number of methoxy groups -OCH3 is 2. The first-order valence-electron chi connectivity index (χ1n) is 10.3. The van der Waals surface area contributed by atoms with Gasteiger partial charge in [-0.05, 0) is 67.7 Å². The Morgan fingerprint density at radius 3 is 2.55 bits per heavy atom. The summed E-state index contributed by atoms with van der Waals surface area (Å²) in [5.74, 6) is 1.13. The lowest BCUT2D eigenvalue weighted by atomic mass is 9.95. The Morgan fingerprint density at radius 2 is 1.86 bits per heavy atom. The lowest BCUT2D eigenvalue weighted by molar-refractivity contribution is 0.103. The number of ether oxygens (including phenoxy) is 2. The molecule has 0 bridgehead atoms. The maximum Gasteiger partial charge on any atom is 0.127 e. The molecule has 2 heterocycles. The first kappa shape index (κ1) is 21.7. The molecule has 2 aromatic rings. The highest BCUT2D eigenvalue weighted by molar-refractivity contribution is 5.30. The fourth-order valence-electron chi connectivity index (χ4n) is 3.95. The van der Waals surface area contributed by atoms with E-state index < -0.39 is 0 Å². The fourth-order valence-corrected chi connectivity index (χ4v) is 3.95. The zero-order valence-electron chi connectivity index (χ0n) is 17.5. The predicted molar refractivity (Wildman–Crippen MR) is 112 cm³/mol. The van der Waals surface area contributed by atoms with E-state index in [4.69, 9.17) is 9.47 Å². The minimum atomic E-state index is -0.181. The molecule has 1 aromatic carbocycles. The Hall–Kier alpha value is -2.02. The molecule has 6 heteroatoms. The number of benzene rings is 1. The molecule has 3 rings (SSSR count). The molecule has 1 aliphatic heterocycles. The van der Waals surface area contributed by atoms with E-state index in [9.17, 15) is 4.39 Å². The summed E-state index contributed by atoms with van der Waals surface area (Å²) < 4.78 is 24.9. The van der Waals surface area contributed by atoms with E-state index in [0.717, 1.165) is 52.2 Å². The molecule has 1 fully saturated rings. The highest BCUT2D eigenvalue weighted by atomic mass is 19.1. The molecule has 0 atom stereocenters. The normalized spacial score (nSPS) is 15.7. The number of hydrogen-bond acceptors (Lipinski definition) is 5. The van der Waals surface area contributed by atoms with Crippen LogP contribution in [0.3, 0.4) is 0 Å². The molecule has 0 aliphatic carbocycles. The number of likely N-dealkylation sites (tertiary alicyclic amines) is 1. The van der Waals surface area contributed by atoms with Crippen LogP contribution in [0.1, 0.15) is 24.0 Å². The molecule has 5 nitrogen and oxygen atoms in total. The van der Waals surface area contributed by atoms with Gasteiger partial charge in [0, 0.05) is 51.2 Å². The van der Waals surface area contributed by atoms with Crippen LogP contribution in [0.5, 0.6) is 5.75 Å². The molecule has 1 aliphatic rings. The highest BCUT2D eigenvalue weighted by Gasteiger charge is 2.22. The predicted octanol–water partition coefficient (Wildman–Crippen LogP) is 3.59. The van der Waals surface area contributed by atoms with E-state index in [1.54, 1.807) is 20.3 Å². The van der Waals surface area contributed by atoms with E-state index >= 15 is 0 Å². The van der Waals surface area contributed by atoms with Gasteiger partial charge in [-0.2, -0.15) is 0 Å². The Balaban J connectivity index is 1.66. The van der Waals surface area contributed by atoms with Crippen LogP contribution >= 0.6 is 0 Å². The van der Waals surface area contributed by atoms with Gasteiger partial charge in [-0.1, -0.05) is 0 Å². The van der Waals surface area contributed by atoms with Crippen LogP contribution in [-0.4, -0.2) is 61.8 Å². The highest BCUT2D eigenvalue weighted by Crippen LogP contribution is 2.23. The lowest BCUT2D eigenvalue weighted by Crippen LogP contribution is -2.39. The third-order valence-electron chi connectivity index (χ3n) is 5.64. The Morgan fingerprint density at radius 1 is 1.10 bits per heavy atom. The summed E-state index contributed by atoms with van der Waals surface area (Å²) in [6.45, 7) is 6.29. The van der Waals surface area contributed by atoms with Crippen molar-refractivity contribution in [2.24, 2.45) is 5.92 Å². The molecular formula is C23H32FN3O2. The zero-order valence-corrected chi connectivity index (χ0v) is 17.5. The van der Waals surface area contributed by atoms with E-state index in [2.05, 4.69) is 14.8 Å². The summed E-state index contributed by atoms with van der Waals surface area (Å²) in [5, 5.41) is 0. The summed E-state index contributed by atoms with van der Waals surface area (Å²) >= 11 is 0. The van der Waals surface area contributed by atoms with E-state index in [1.807, 2.05) is 30.6 Å². The largest absolute Gasteiger partial charge is 0.497 e. The van der Waals surface area contributed by atoms with Gasteiger partial charge in [0.15, 0.2) is 0 Å². The molecule has 29 heavy (non-hydrogen) atoms. The van der Waals surface area contributed by atoms with Crippen LogP contribution in [0.2, 0.25) is 0 Å². The average molecular weight is 402 g/mol. The monoisotopic (exact) mass is 401 g/mol. The second-order valence-electron chi connectivity index (χ2n) is 7.76. The van der Waals surface area contributed by atoms with Gasteiger partial charge in [-0.15, -0.1) is 0 Å². The van der Waals surface area contributed by atoms with Gasteiger partial charge in [-0.25, -0.2) is 4.39 Å². The van der Waals surface area contributed by atoms with Gasteiger partial charge in [0.25, 0.3) is 0 Å². The van der Waals surface area contributed by atoms with Gasteiger partial charge in [0.05, 0.1) is 13.7 Å². The first-order valence-corrected chi connectivity index (χ1v) is 10.3. The van der Waals surface area contributed by atoms with Crippen LogP contribution in [0.15, 0.2) is 42.7 Å². The fraction of sp³-hybridized carbons (Fsp3) is 0.522. The molecule has 0 unspecified atom stereocenters. The average Bonchev–Trinajstić information content (AvgIpc) is 2.75. The van der Waals surface area contributed by atoms with Crippen LogP contribution < -0.4 is 4.74 Å². The molecular weight excluding hydrogens is 369 g/mol. The number of pyridine rings is 1. The van der Waals surface area contributed by atoms with Gasteiger partial charge >= 0.3 is 0 Å². The van der Waals surface area contributed by atoms with Crippen LogP contribution in [-0.2, 0) is 17.8 Å². The van der Waals surface area contributed by atoms with E-state index in [1.165, 1.54) is 11.6 Å². The second kappa shape index (κ2) is 11.2. The van der Waals surface area contributed by atoms with Gasteiger partial charge in [-0.3, -0.25) is 9.88 Å². The molecule has 1 aromatic heterocycles. The van der Waals surface area contributed by atoms with Crippen molar-refractivity contribution >= 4 is 0 Å². The van der Waals surface area contributed by atoms with Crippen LogP contribution in [0.4, 0.5) is 4.39 Å². The maximum atomic E-state index is 14.4. The third kappa shape index (κ3) is 6.77. The molecule has 1 saturated heterocycles. The van der Waals surface area contributed by atoms with Crippen molar-refractivity contribution in [3.05, 3.63) is 59.7 Å². The molecule has 0 N–H and O–H groups in total. The van der Waals surface area contributed by atoms with Crippen molar-refractivity contribution in [1.29, 1.82) is 0 Å². The van der Waals surface area contributed by atoms with Gasteiger partial charge < -0.3 is 14.4 Å². The quantitative estimate of drug-likeness (QED) is 0.608. The zero-order chi connectivity index (χ0) is 20.5. The molecule has 0 amide bonds. The Bertz CT molecular complexity index is 736. The molecule has 0 radical (unpaired) electrons.